The number of hydrogen-bond acceptors (Lipinski definition) is 2. The van der Waals surface area contributed by atoms with Gasteiger partial charge in [0.25, 0.3) is 0 Å². The maximum absolute atomic E-state index is 5.46. The van der Waals surface area contributed by atoms with Crippen LogP contribution in [0.3, 0.4) is 0 Å². The molecule has 2 nitrogen and oxygen atoms in total. The molecule has 4 unspecified atom stereocenters. The Morgan fingerprint density at radius 3 is 2.07 bits per heavy atom. The molecule has 4 atom stereocenters. The molecule has 0 aromatic carbocycles. The van der Waals surface area contributed by atoms with Crippen LogP contribution in [0.4, 0.5) is 0 Å². The van der Waals surface area contributed by atoms with Crippen molar-refractivity contribution in [2.45, 2.75) is 52.2 Å². The minimum Gasteiger partial charge on any atom is -0.380 e. The topological polar surface area (TPSA) is 21.3 Å². The molecule has 0 bridgehead atoms. The summed E-state index contributed by atoms with van der Waals surface area (Å²) in [4.78, 5) is 0. The van der Waals surface area contributed by atoms with Gasteiger partial charge < -0.3 is 10.1 Å². The molecule has 0 radical (unpaired) electrons. The molecule has 0 aromatic heterocycles. The van der Waals surface area contributed by atoms with Crippen LogP contribution in [0.1, 0.15) is 40.0 Å². The van der Waals surface area contributed by atoms with Crippen LogP contribution >= 0.6 is 0 Å². The average molecular weight is 213 g/mol. The van der Waals surface area contributed by atoms with Gasteiger partial charge in [-0.2, -0.15) is 0 Å². The summed E-state index contributed by atoms with van der Waals surface area (Å²) in [5.41, 5.74) is 0. The van der Waals surface area contributed by atoms with E-state index in [0.29, 0.717) is 12.1 Å². The fourth-order valence-electron chi connectivity index (χ4n) is 3.30. The Hall–Kier alpha value is -0.0800. The van der Waals surface area contributed by atoms with Crippen LogP contribution in [0.2, 0.25) is 0 Å². The second-order valence-corrected chi connectivity index (χ2v) is 5.43. The van der Waals surface area contributed by atoms with Gasteiger partial charge in [-0.1, -0.05) is 13.8 Å². The molecule has 0 amide bonds. The van der Waals surface area contributed by atoms with Crippen molar-refractivity contribution in [3.05, 3.63) is 0 Å². The lowest BCUT2D eigenvalue weighted by Gasteiger charge is -2.38. The number of rotatable bonds is 4. The SMILES string of the molecule is CNC(C1CC(C)CC(C)C1)C(C)OC. The van der Waals surface area contributed by atoms with E-state index in [1.54, 1.807) is 0 Å². The van der Waals surface area contributed by atoms with Crippen LogP contribution in [0.15, 0.2) is 0 Å². The van der Waals surface area contributed by atoms with Crippen molar-refractivity contribution in [3.63, 3.8) is 0 Å². The van der Waals surface area contributed by atoms with Gasteiger partial charge >= 0.3 is 0 Å². The molecular formula is C13H27NO. The van der Waals surface area contributed by atoms with Crippen molar-refractivity contribution in [1.29, 1.82) is 0 Å². The van der Waals surface area contributed by atoms with E-state index in [1.165, 1.54) is 19.3 Å². The van der Waals surface area contributed by atoms with Gasteiger partial charge in [0, 0.05) is 13.2 Å². The Labute approximate surface area is 94.8 Å². The minimum atomic E-state index is 0.317. The third-order valence-corrected chi connectivity index (χ3v) is 3.93. The Morgan fingerprint density at radius 2 is 1.67 bits per heavy atom. The number of hydrogen-bond donors (Lipinski definition) is 1. The fourth-order valence-corrected chi connectivity index (χ4v) is 3.30. The summed E-state index contributed by atoms with van der Waals surface area (Å²) in [5.74, 6) is 2.53. The van der Waals surface area contributed by atoms with Crippen molar-refractivity contribution < 1.29 is 4.74 Å². The maximum Gasteiger partial charge on any atom is 0.0698 e. The molecule has 90 valence electrons. The summed E-state index contributed by atoms with van der Waals surface area (Å²) in [5, 5.41) is 3.44. The molecular weight excluding hydrogens is 186 g/mol. The monoisotopic (exact) mass is 213 g/mol. The van der Waals surface area contributed by atoms with Gasteiger partial charge in [-0.3, -0.25) is 0 Å². The molecule has 0 saturated heterocycles. The fraction of sp³-hybridized carbons (Fsp3) is 1.00. The van der Waals surface area contributed by atoms with E-state index >= 15 is 0 Å². The standard InChI is InChI=1S/C13H27NO/c1-9-6-10(2)8-12(7-9)13(14-4)11(3)15-5/h9-14H,6-8H2,1-5H3. The van der Waals surface area contributed by atoms with Crippen LogP contribution < -0.4 is 5.32 Å². The Kier molecular flexibility index (Phi) is 5.07. The van der Waals surface area contributed by atoms with E-state index < -0.39 is 0 Å². The minimum absolute atomic E-state index is 0.317. The van der Waals surface area contributed by atoms with Gasteiger partial charge in [0.15, 0.2) is 0 Å². The van der Waals surface area contributed by atoms with Gasteiger partial charge in [-0.15, -0.1) is 0 Å². The molecule has 15 heavy (non-hydrogen) atoms. The first-order valence-electron chi connectivity index (χ1n) is 6.28. The van der Waals surface area contributed by atoms with Crippen molar-refractivity contribution >= 4 is 0 Å². The molecule has 1 aliphatic carbocycles. The first-order chi connectivity index (χ1) is 7.08. The van der Waals surface area contributed by atoms with E-state index in [2.05, 4.69) is 33.1 Å². The number of nitrogens with one attached hydrogen (secondary N) is 1. The molecule has 0 heterocycles. The first kappa shape index (κ1) is 13.0. The molecule has 0 spiro atoms. The molecule has 1 rings (SSSR count). The summed E-state index contributed by atoms with van der Waals surface area (Å²) < 4.78 is 5.46. The normalized spacial score (nSPS) is 36.2. The summed E-state index contributed by atoms with van der Waals surface area (Å²) in [6.45, 7) is 6.94. The summed E-state index contributed by atoms with van der Waals surface area (Å²) in [6, 6.07) is 0.514. The van der Waals surface area contributed by atoms with Gasteiger partial charge in [-0.05, 0) is 51.0 Å². The summed E-state index contributed by atoms with van der Waals surface area (Å²) in [6.07, 6.45) is 4.42. The van der Waals surface area contributed by atoms with E-state index in [0.717, 1.165) is 17.8 Å². The zero-order valence-electron chi connectivity index (χ0n) is 10.9. The van der Waals surface area contributed by atoms with Crippen molar-refractivity contribution in [1.82, 2.24) is 5.32 Å². The van der Waals surface area contributed by atoms with E-state index in [1.807, 2.05) is 7.11 Å². The number of likely N-dealkylation sites (N-methyl/N-ethyl adjacent to an activating group) is 1. The highest BCUT2D eigenvalue weighted by Gasteiger charge is 2.31. The Morgan fingerprint density at radius 1 is 1.13 bits per heavy atom. The van der Waals surface area contributed by atoms with Gasteiger partial charge in [0.2, 0.25) is 0 Å². The Balaban J connectivity index is 2.58. The van der Waals surface area contributed by atoms with Crippen molar-refractivity contribution in [2.24, 2.45) is 17.8 Å². The molecule has 1 N–H and O–H groups in total. The van der Waals surface area contributed by atoms with Crippen LogP contribution in [0.5, 0.6) is 0 Å². The molecule has 1 fully saturated rings. The zero-order valence-corrected chi connectivity index (χ0v) is 10.9. The third-order valence-electron chi connectivity index (χ3n) is 3.93. The maximum atomic E-state index is 5.46. The molecule has 0 aromatic rings. The van der Waals surface area contributed by atoms with Crippen molar-refractivity contribution in [3.8, 4) is 0 Å². The number of ether oxygens (including phenoxy) is 1. The van der Waals surface area contributed by atoms with Crippen LogP contribution in [0, 0.1) is 17.8 Å². The molecule has 1 aliphatic rings. The van der Waals surface area contributed by atoms with E-state index in [9.17, 15) is 0 Å². The van der Waals surface area contributed by atoms with Crippen LogP contribution in [-0.4, -0.2) is 26.3 Å². The van der Waals surface area contributed by atoms with Crippen LogP contribution in [0.25, 0.3) is 0 Å². The highest BCUT2D eigenvalue weighted by atomic mass is 16.5. The molecule has 1 saturated carbocycles. The highest BCUT2D eigenvalue weighted by molar-refractivity contribution is 4.86. The lowest BCUT2D eigenvalue weighted by atomic mass is 9.73. The van der Waals surface area contributed by atoms with Crippen molar-refractivity contribution in [2.75, 3.05) is 14.2 Å². The average Bonchev–Trinajstić information content (AvgIpc) is 2.17. The predicted molar refractivity (Wildman–Crippen MR) is 65.0 cm³/mol. The number of methoxy groups -OCH3 is 1. The summed E-state index contributed by atoms with van der Waals surface area (Å²) >= 11 is 0. The van der Waals surface area contributed by atoms with Gasteiger partial charge in [0.1, 0.15) is 0 Å². The zero-order chi connectivity index (χ0) is 11.4. The lowest BCUT2D eigenvalue weighted by Crippen LogP contribution is -2.45. The smallest absolute Gasteiger partial charge is 0.0698 e. The second-order valence-electron chi connectivity index (χ2n) is 5.43. The largest absolute Gasteiger partial charge is 0.380 e. The quantitative estimate of drug-likeness (QED) is 0.775. The lowest BCUT2D eigenvalue weighted by molar-refractivity contribution is 0.0430. The predicted octanol–water partition coefficient (Wildman–Crippen LogP) is 2.68. The molecule has 0 aliphatic heterocycles. The van der Waals surface area contributed by atoms with Crippen LogP contribution in [-0.2, 0) is 4.74 Å². The van der Waals surface area contributed by atoms with E-state index in [4.69, 9.17) is 4.74 Å². The highest BCUT2D eigenvalue weighted by Crippen LogP contribution is 2.35. The second kappa shape index (κ2) is 5.86. The molecule has 2 heteroatoms. The van der Waals surface area contributed by atoms with E-state index in [-0.39, 0.29) is 0 Å². The first-order valence-corrected chi connectivity index (χ1v) is 6.28. The van der Waals surface area contributed by atoms with Gasteiger partial charge in [-0.25, -0.2) is 0 Å². The Bertz CT molecular complexity index is 173. The summed E-state index contributed by atoms with van der Waals surface area (Å²) in [7, 11) is 3.87. The third kappa shape index (κ3) is 3.46. The van der Waals surface area contributed by atoms with Gasteiger partial charge in [0.05, 0.1) is 6.10 Å².